The minimum atomic E-state index is 0.0720. The predicted molar refractivity (Wildman–Crippen MR) is 87.1 cm³/mol. The van der Waals surface area contributed by atoms with Crippen LogP contribution in [0.1, 0.15) is 31.9 Å². The number of methoxy groups -OCH3 is 1. The minimum Gasteiger partial charge on any atom is -0.508 e. The highest BCUT2D eigenvalue weighted by molar-refractivity contribution is 5.48. The van der Waals surface area contributed by atoms with Gasteiger partial charge in [0, 0.05) is 17.8 Å². The van der Waals surface area contributed by atoms with Gasteiger partial charge in [-0.1, -0.05) is 26.8 Å². The molecule has 0 aliphatic heterocycles. The number of benzene rings is 2. The molecule has 21 heavy (non-hydrogen) atoms. The summed E-state index contributed by atoms with van der Waals surface area (Å²) in [7, 11) is 1.65. The maximum absolute atomic E-state index is 10.0. The molecule has 2 rings (SSSR count). The van der Waals surface area contributed by atoms with E-state index in [0.717, 1.165) is 17.0 Å². The zero-order valence-corrected chi connectivity index (χ0v) is 13.1. The van der Waals surface area contributed by atoms with Crippen LogP contribution >= 0.6 is 0 Å². The summed E-state index contributed by atoms with van der Waals surface area (Å²) in [5.74, 6) is 1.15. The summed E-state index contributed by atoms with van der Waals surface area (Å²) in [5.41, 5.74) is 3.18. The topological polar surface area (TPSA) is 41.5 Å². The highest BCUT2D eigenvalue weighted by Crippen LogP contribution is 2.28. The molecule has 0 unspecified atom stereocenters. The van der Waals surface area contributed by atoms with Crippen molar-refractivity contribution in [1.82, 2.24) is 0 Å². The number of aromatic hydroxyl groups is 1. The van der Waals surface area contributed by atoms with E-state index in [0.29, 0.717) is 12.3 Å². The van der Waals surface area contributed by atoms with Gasteiger partial charge in [0.2, 0.25) is 0 Å². The van der Waals surface area contributed by atoms with Crippen molar-refractivity contribution in [3.8, 4) is 11.5 Å². The van der Waals surface area contributed by atoms with E-state index in [1.807, 2.05) is 30.3 Å². The average molecular weight is 285 g/mol. The van der Waals surface area contributed by atoms with Crippen molar-refractivity contribution in [2.75, 3.05) is 12.4 Å². The number of anilines is 1. The lowest BCUT2D eigenvalue weighted by Crippen LogP contribution is -2.12. The average Bonchev–Trinajstić information content (AvgIpc) is 2.45. The Morgan fingerprint density at radius 1 is 1.05 bits per heavy atom. The first-order chi connectivity index (χ1) is 9.90. The fourth-order valence-corrected chi connectivity index (χ4v) is 2.10. The Morgan fingerprint density at radius 2 is 1.71 bits per heavy atom. The summed E-state index contributed by atoms with van der Waals surface area (Å²) < 4.78 is 5.14. The summed E-state index contributed by atoms with van der Waals surface area (Å²) >= 11 is 0. The van der Waals surface area contributed by atoms with Crippen LogP contribution in [0.2, 0.25) is 0 Å². The van der Waals surface area contributed by atoms with E-state index in [1.165, 1.54) is 5.56 Å². The highest BCUT2D eigenvalue weighted by atomic mass is 16.5. The van der Waals surface area contributed by atoms with Crippen LogP contribution in [0, 0.1) is 0 Å². The van der Waals surface area contributed by atoms with Gasteiger partial charge < -0.3 is 15.2 Å². The van der Waals surface area contributed by atoms with Gasteiger partial charge in [-0.2, -0.15) is 0 Å². The van der Waals surface area contributed by atoms with Gasteiger partial charge in [0.1, 0.15) is 11.5 Å². The van der Waals surface area contributed by atoms with Gasteiger partial charge in [-0.15, -0.1) is 0 Å². The standard InChI is InChI=1S/C18H23NO2/c1-18(2,3)14-5-10-17(20)13(11-14)12-19-15-6-8-16(21-4)9-7-15/h5-11,19-20H,12H2,1-4H3. The molecule has 0 fully saturated rings. The van der Waals surface area contributed by atoms with Crippen molar-refractivity contribution in [1.29, 1.82) is 0 Å². The van der Waals surface area contributed by atoms with Gasteiger partial charge in [0.25, 0.3) is 0 Å². The third-order valence-corrected chi connectivity index (χ3v) is 3.52. The van der Waals surface area contributed by atoms with E-state index in [2.05, 4.69) is 32.2 Å². The summed E-state index contributed by atoms with van der Waals surface area (Å²) in [6.07, 6.45) is 0. The van der Waals surface area contributed by atoms with Gasteiger partial charge >= 0.3 is 0 Å². The third-order valence-electron chi connectivity index (χ3n) is 3.52. The number of ether oxygens (including phenoxy) is 1. The second-order valence-electron chi connectivity index (χ2n) is 6.18. The number of hydrogen-bond acceptors (Lipinski definition) is 3. The molecular weight excluding hydrogens is 262 g/mol. The molecule has 0 spiro atoms. The normalized spacial score (nSPS) is 11.2. The van der Waals surface area contributed by atoms with E-state index >= 15 is 0 Å². The van der Waals surface area contributed by atoms with Crippen LogP contribution in [0.4, 0.5) is 5.69 Å². The summed E-state index contributed by atoms with van der Waals surface area (Å²) in [6.45, 7) is 7.09. The summed E-state index contributed by atoms with van der Waals surface area (Å²) in [6, 6.07) is 13.6. The largest absolute Gasteiger partial charge is 0.508 e. The second-order valence-corrected chi connectivity index (χ2v) is 6.18. The first kappa shape index (κ1) is 15.2. The van der Waals surface area contributed by atoms with Crippen LogP contribution in [0.15, 0.2) is 42.5 Å². The van der Waals surface area contributed by atoms with Gasteiger partial charge in [-0.25, -0.2) is 0 Å². The van der Waals surface area contributed by atoms with E-state index in [-0.39, 0.29) is 5.41 Å². The summed E-state index contributed by atoms with van der Waals surface area (Å²) in [4.78, 5) is 0. The smallest absolute Gasteiger partial charge is 0.120 e. The zero-order chi connectivity index (χ0) is 15.5. The molecule has 3 nitrogen and oxygen atoms in total. The van der Waals surface area contributed by atoms with Crippen molar-refractivity contribution < 1.29 is 9.84 Å². The van der Waals surface area contributed by atoms with Crippen molar-refractivity contribution in [3.63, 3.8) is 0 Å². The number of rotatable bonds is 4. The van der Waals surface area contributed by atoms with E-state index in [9.17, 15) is 5.11 Å². The molecule has 0 saturated carbocycles. The molecule has 2 aromatic carbocycles. The van der Waals surface area contributed by atoms with Crippen molar-refractivity contribution in [3.05, 3.63) is 53.6 Å². The van der Waals surface area contributed by atoms with Crippen LogP contribution in [0.25, 0.3) is 0 Å². The molecule has 2 aromatic rings. The van der Waals surface area contributed by atoms with Crippen LogP contribution in [0.3, 0.4) is 0 Å². The Labute approximate surface area is 126 Å². The predicted octanol–water partition coefficient (Wildman–Crippen LogP) is 4.31. The lowest BCUT2D eigenvalue weighted by atomic mass is 9.86. The van der Waals surface area contributed by atoms with Crippen molar-refractivity contribution >= 4 is 5.69 Å². The molecule has 0 bridgehead atoms. The van der Waals surface area contributed by atoms with Gasteiger partial charge in [-0.3, -0.25) is 0 Å². The molecule has 0 radical (unpaired) electrons. The fraction of sp³-hybridized carbons (Fsp3) is 0.333. The first-order valence-corrected chi connectivity index (χ1v) is 7.10. The Kier molecular flexibility index (Phi) is 4.41. The second kappa shape index (κ2) is 6.08. The highest BCUT2D eigenvalue weighted by Gasteiger charge is 2.15. The Bertz CT molecular complexity index is 598. The summed E-state index contributed by atoms with van der Waals surface area (Å²) in [5, 5.41) is 13.3. The van der Waals surface area contributed by atoms with Gasteiger partial charge in [0.15, 0.2) is 0 Å². The lowest BCUT2D eigenvalue weighted by Gasteiger charge is -2.20. The monoisotopic (exact) mass is 285 g/mol. The number of hydrogen-bond donors (Lipinski definition) is 2. The van der Waals surface area contributed by atoms with E-state index in [1.54, 1.807) is 13.2 Å². The number of phenols is 1. The molecule has 0 aliphatic rings. The van der Waals surface area contributed by atoms with Crippen molar-refractivity contribution in [2.45, 2.75) is 32.7 Å². The fourth-order valence-electron chi connectivity index (χ4n) is 2.10. The van der Waals surface area contributed by atoms with Crippen LogP contribution in [0.5, 0.6) is 11.5 Å². The molecule has 3 heteroatoms. The molecule has 0 aromatic heterocycles. The maximum Gasteiger partial charge on any atom is 0.120 e. The lowest BCUT2D eigenvalue weighted by molar-refractivity contribution is 0.415. The van der Waals surface area contributed by atoms with Crippen LogP contribution < -0.4 is 10.1 Å². The van der Waals surface area contributed by atoms with Crippen LogP contribution in [-0.2, 0) is 12.0 Å². The first-order valence-electron chi connectivity index (χ1n) is 7.10. The molecular formula is C18H23NO2. The Balaban J connectivity index is 2.11. The molecule has 0 heterocycles. The maximum atomic E-state index is 10.0. The van der Waals surface area contributed by atoms with Crippen molar-refractivity contribution in [2.24, 2.45) is 0 Å². The quantitative estimate of drug-likeness (QED) is 0.879. The van der Waals surface area contributed by atoms with E-state index in [4.69, 9.17) is 4.74 Å². The molecule has 0 aliphatic carbocycles. The molecule has 0 saturated heterocycles. The third kappa shape index (κ3) is 3.91. The zero-order valence-electron chi connectivity index (χ0n) is 13.1. The number of nitrogens with one attached hydrogen (secondary N) is 1. The molecule has 112 valence electrons. The minimum absolute atomic E-state index is 0.0720. The van der Waals surface area contributed by atoms with E-state index < -0.39 is 0 Å². The number of phenolic OH excluding ortho intramolecular Hbond substituents is 1. The molecule has 0 atom stereocenters. The Morgan fingerprint density at radius 3 is 2.29 bits per heavy atom. The molecule has 0 amide bonds. The van der Waals surface area contributed by atoms with Crippen LogP contribution in [-0.4, -0.2) is 12.2 Å². The molecule has 2 N–H and O–H groups in total. The SMILES string of the molecule is COc1ccc(NCc2cc(C(C)(C)C)ccc2O)cc1. The van der Waals surface area contributed by atoms with Gasteiger partial charge in [-0.05, 0) is 47.4 Å². The van der Waals surface area contributed by atoms with Gasteiger partial charge in [0.05, 0.1) is 7.11 Å². The Hall–Kier alpha value is -2.16.